The number of hydrogen-bond donors (Lipinski definition) is 1. The maximum absolute atomic E-state index is 10.8. The fourth-order valence-corrected chi connectivity index (χ4v) is 3.55. The van der Waals surface area contributed by atoms with Gasteiger partial charge in [-0.2, -0.15) is 0 Å². The van der Waals surface area contributed by atoms with Gasteiger partial charge in [0.2, 0.25) is 5.01 Å². The lowest BCUT2D eigenvalue weighted by molar-refractivity contribution is 0.0695. The molecule has 1 aromatic rings. The van der Waals surface area contributed by atoms with E-state index in [4.69, 9.17) is 5.11 Å². The predicted octanol–water partition coefficient (Wildman–Crippen LogP) is 1.12. The van der Waals surface area contributed by atoms with E-state index < -0.39 is 5.97 Å². The molecule has 1 N–H and O–H groups in total. The summed E-state index contributed by atoms with van der Waals surface area (Å²) in [4.78, 5) is 19.9. The van der Waals surface area contributed by atoms with Gasteiger partial charge in [0.25, 0.3) is 0 Å². The fourth-order valence-electron chi connectivity index (χ4n) is 2.91. The highest BCUT2D eigenvalue weighted by Crippen LogP contribution is 2.22. The third kappa shape index (κ3) is 2.41. The normalized spacial score (nSPS) is 25.2. The number of hydrogen-bond acceptors (Lipinski definition) is 5. The van der Waals surface area contributed by atoms with E-state index in [2.05, 4.69) is 14.8 Å². The number of thiazole rings is 1. The summed E-state index contributed by atoms with van der Waals surface area (Å²) in [6, 6.07) is 0.705. The van der Waals surface area contributed by atoms with Gasteiger partial charge in [-0.05, 0) is 19.4 Å². The highest BCUT2D eigenvalue weighted by atomic mass is 32.1. The quantitative estimate of drug-likeness (QED) is 0.889. The summed E-state index contributed by atoms with van der Waals surface area (Å²) >= 11 is 1.22. The number of carbonyl (C=O) groups is 1. The van der Waals surface area contributed by atoms with Crippen LogP contribution in [0.1, 0.15) is 28.3 Å². The van der Waals surface area contributed by atoms with Crippen molar-refractivity contribution in [3.8, 4) is 0 Å². The molecule has 3 rings (SSSR count). The molecule has 2 aliphatic heterocycles. The molecule has 2 aliphatic rings. The number of aromatic nitrogens is 1. The van der Waals surface area contributed by atoms with Crippen molar-refractivity contribution in [2.75, 3.05) is 26.2 Å². The average molecular weight is 267 g/mol. The first kappa shape index (κ1) is 12.1. The zero-order chi connectivity index (χ0) is 12.5. The van der Waals surface area contributed by atoms with Crippen molar-refractivity contribution in [2.24, 2.45) is 0 Å². The third-order valence-corrected chi connectivity index (χ3v) is 4.67. The van der Waals surface area contributed by atoms with Crippen molar-refractivity contribution in [1.82, 2.24) is 14.8 Å². The van der Waals surface area contributed by atoms with Crippen LogP contribution >= 0.6 is 11.3 Å². The van der Waals surface area contributed by atoms with E-state index in [0.29, 0.717) is 6.04 Å². The van der Waals surface area contributed by atoms with Gasteiger partial charge in [-0.1, -0.05) is 0 Å². The molecule has 0 saturated carbocycles. The molecule has 0 radical (unpaired) electrons. The Morgan fingerprint density at radius 2 is 2.39 bits per heavy atom. The lowest BCUT2D eigenvalue weighted by Gasteiger charge is -2.37. The third-order valence-electron chi connectivity index (χ3n) is 3.79. The molecule has 2 saturated heterocycles. The van der Waals surface area contributed by atoms with Crippen molar-refractivity contribution in [2.45, 2.75) is 25.4 Å². The first-order valence-corrected chi connectivity index (χ1v) is 7.24. The predicted molar refractivity (Wildman–Crippen MR) is 68.9 cm³/mol. The summed E-state index contributed by atoms with van der Waals surface area (Å²) in [5.41, 5.74) is 0.892. The molecule has 2 fully saturated rings. The second-order valence-corrected chi connectivity index (χ2v) is 5.87. The second-order valence-electron chi connectivity index (χ2n) is 5.02. The topological polar surface area (TPSA) is 56.7 Å². The molecule has 98 valence electrons. The van der Waals surface area contributed by atoms with Gasteiger partial charge >= 0.3 is 5.97 Å². The molecule has 18 heavy (non-hydrogen) atoms. The highest BCUT2D eigenvalue weighted by Gasteiger charge is 2.30. The van der Waals surface area contributed by atoms with Crippen molar-refractivity contribution in [3.05, 3.63) is 16.1 Å². The molecule has 0 bridgehead atoms. The molecule has 0 spiro atoms. The minimum Gasteiger partial charge on any atom is -0.476 e. The monoisotopic (exact) mass is 267 g/mol. The van der Waals surface area contributed by atoms with Gasteiger partial charge in [-0.3, -0.25) is 9.80 Å². The summed E-state index contributed by atoms with van der Waals surface area (Å²) in [6.45, 7) is 5.34. The van der Waals surface area contributed by atoms with Crippen LogP contribution in [0.25, 0.3) is 0 Å². The van der Waals surface area contributed by atoms with Gasteiger partial charge in [0.05, 0.1) is 5.69 Å². The van der Waals surface area contributed by atoms with Crippen molar-refractivity contribution < 1.29 is 9.90 Å². The average Bonchev–Trinajstić information content (AvgIpc) is 2.96. The van der Waals surface area contributed by atoms with Crippen LogP contribution in [-0.2, 0) is 6.54 Å². The zero-order valence-electron chi connectivity index (χ0n) is 10.2. The summed E-state index contributed by atoms with van der Waals surface area (Å²) < 4.78 is 0. The van der Waals surface area contributed by atoms with Crippen LogP contribution in [0, 0.1) is 0 Å². The standard InChI is InChI=1S/C12H17N3O2S/c16-12(17)11-13-9(8-18-11)6-14-4-5-15-3-1-2-10(15)7-14/h8,10H,1-7H2,(H,16,17). The molecular formula is C12H17N3O2S. The largest absolute Gasteiger partial charge is 0.476 e. The van der Waals surface area contributed by atoms with Crippen LogP contribution in [-0.4, -0.2) is 58.1 Å². The Morgan fingerprint density at radius 1 is 1.50 bits per heavy atom. The van der Waals surface area contributed by atoms with Crippen LogP contribution < -0.4 is 0 Å². The van der Waals surface area contributed by atoms with Gasteiger partial charge in [0.15, 0.2) is 0 Å². The van der Waals surface area contributed by atoms with Gasteiger partial charge in [0.1, 0.15) is 0 Å². The number of rotatable bonds is 3. The van der Waals surface area contributed by atoms with E-state index in [-0.39, 0.29) is 5.01 Å². The smallest absolute Gasteiger partial charge is 0.365 e. The van der Waals surface area contributed by atoms with E-state index >= 15 is 0 Å². The van der Waals surface area contributed by atoms with E-state index in [1.165, 1.54) is 30.7 Å². The number of nitrogens with zero attached hydrogens (tertiary/aromatic N) is 3. The molecule has 1 atom stereocenters. The van der Waals surface area contributed by atoms with Crippen molar-refractivity contribution in [1.29, 1.82) is 0 Å². The Kier molecular flexibility index (Phi) is 3.32. The Labute approximate surface area is 110 Å². The number of fused-ring (bicyclic) bond motifs is 1. The molecular weight excluding hydrogens is 250 g/mol. The van der Waals surface area contributed by atoms with Gasteiger partial charge in [-0.15, -0.1) is 11.3 Å². The second kappa shape index (κ2) is 4.95. The first-order valence-electron chi connectivity index (χ1n) is 6.36. The molecule has 5 nitrogen and oxygen atoms in total. The van der Waals surface area contributed by atoms with Crippen LogP contribution in [0.3, 0.4) is 0 Å². The molecule has 3 heterocycles. The molecule has 0 amide bonds. The molecule has 6 heteroatoms. The molecule has 1 unspecified atom stereocenters. The van der Waals surface area contributed by atoms with E-state index in [1.54, 1.807) is 0 Å². The minimum absolute atomic E-state index is 0.199. The Morgan fingerprint density at radius 3 is 3.17 bits per heavy atom. The lowest BCUT2D eigenvalue weighted by Crippen LogP contribution is -2.49. The van der Waals surface area contributed by atoms with E-state index in [1.807, 2.05) is 5.38 Å². The molecule has 0 aliphatic carbocycles. The number of piperazine rings is 1. The van der Waals surface area contributed by atoms with E-state index in [9.17, 15) is 4.79 Å². The zero-order valence-corrected chi connectivity index (χ0v) is 11.0. The summed E-state index contributed by atoms with van der Waals surface area (Å²) in [5, 5.41) is 10.9. The van der Waals surface area contributed by atoms with Crippen molar-refractivity contribution >= 4 is 17.3 Å². The van der Waals surface area contributed by atoms with Crippen LogP contribution in [0.4, 0.5) is 0 Å². The molecule has 1 aromatic heterocycles. The van der Waals surface area contributed by atoms with Crippen LogP contribution in [0.5, 0.6) is 0 Å². The minimum atomic E-state index is -0.924. The maximum atomic E-state index is 10.8. The fraction of sp³-hybridized carbons (Fsp3) is 0.667. The first-order chi connectivity index (χ1) is 8.72. The van der Waals surface area contributed by atoms with E-state index in [0.717, 1.165) is 31.9 Å². The van der Waals surface area contributed by atoms with Gasteiger partial charge in [-0.25, -0.2) is 9.78 Å². The maximum Gasteiger partial charge on any atom is 0.365 e. The summed E-state index contributed by atoms with van der Waals surface area (Å²) in [5.74, 6) is -0.924. The van der Waals surface area contributed by atoms with Gasteiger partial charge < -0.3 is 5.11 Å². The van der Waals surface area contributed by atoms with Crippen molar-refractivity contribution in [3.63, 3.8) is 0 Å². The Bertz CT molecular complexity index is 448. The SMILES string of the molecule is O=C(O)c1nc(CN2CCN3CCCC3C2)cs1. The number of carboxylic acid groups (broad SMARTS) is 1. The highest BCUT2D eigenvalue weighted by molar-refractivity contribution is 7.11. The number of carboxylic acids is 1. The summed E-state index contributed by atoms with van der Waals surface area (Å²) in [6.07, 6.45) is 2.62. The number of aromatic carboxylic acids is 1. The molecule has 0 aromatic carbocycles. The lowest BCUT2D eigenvalue weighted by atomic mass is 10.1. The Balaban J connectivity index is 1.60. The van der Waals surface area contributed by atoms with Crippen LogP contribution in [0.2, 0.25) is 0 Å². The van der Waals surface area contributed by atoms with Crippen LogP contribution in [0.15, 0.2) is 5.38 Å². The van der Waals surface area contributed by atoms with Gasteiger partial charge in [0, 0.05) is 37.6 Å². The summed E-state index contributed by atoms with van der Waals surface area (Å²) in [7, 11) is 0. The Hall–Kier alpha value is -0.980.